The van der Waals surface area contributed by atoms with Gasteiger partial charge in [0.2, 0.25) is 5.95 Å². The predicted octanol–water partition coefficient (Wildman–Crippen LogP) is 2.39. The van der Waals surface area contributed by atoms with E-state index in [2.05, 4.69) is 21.0 Å². The van der Waals surface area contributed by atoms with Crippen LogP contribution in [0.1, 0.15) is 31.9 Å². The van der Waals surface area contributed by atoms with Gasteiger partial charge in [0.15, 0.2) is 5.65 Å². The van der Waals surface area contributed by atoms with E-state index in [0.29, 0.717) is 43.2 Å². The highest BCUT2D eigenvalue weighted by atomic mass is 16.6. The van der Waals surface area contributed by atoms with E-state index in [-0.39, 0.29) is 17.2 Å². The molecule has 5 rings (SSSR count). The average molecular weight is 408 g/mol. The first-order valence-electron chi connectivity index (χ1n) is 10.1. The molecular formula is C21H24N6O3. The van der Waals surface area contributed by atoms with E-state index in [1.54, 1.807) is 15.8 Å². The smallest absolute Gasteiger partial charge is 0.414 e. The molecule has 4 heterocycles. The normalized spacial score (nSPS) is 16.8. The molecule has 0 unspecified atom stereocenters. The van der Waals surface area contributed by atoms with E-state index < -0.39 is 0 Å². The molecule has 0 atom stereocenters. The number of aromatic nitrogens is 4. The number of carbonyl (C=O) groups is 1. The first kappa shape index (κ1) is 18.7. The molecule has 9 heteroatoms. The molecular weight excluding hydrogens is 384 g/mol. The maximum atomic E-state index is 12.7. The molecule has 1 amide bonds. The Hall–Kier alpha value is -3.36. The Balaban J connectivity index is 1.52. The molecule has 0 radical (unpaired) electrons. The lowest BCUT2D eigenvalue weighted by atomic mass is 9.97. The fraction of sp³-hybridized carbons (Fsp3) is 0.429. The predicted molar refractivity (Wildman–Crippen MR) is 113 cm³/mol. The van der Waals surface area contributed by atoms with Crippen LogP contribution in [0.15, 0.2) is 29.2 Å². The van der Waals surface area contributed by atoms with Crippen LogP contribution < -0.4 is 15.4 Å². The third kappa shape index (κ3) is 2.92. The molecule has 156 valence electrons. The molecule has 0 bridgehead atoms. The molecule has 9 nitrogen and oxygen atoms in total. The fourth-order valence-corrected chi connectivity index (χ4v) is 4.18. The van der Waals surface area contributed by atoms with Crippen molar-refractivity contribution in [2.45, 2.75) is 39.3 Å². The fourth-order valence-electron chi connectivity index (χ4n) is 4.18. The van der Waals surface area contributed by atoms with E-state index in [4.69, 9.17) is 9.72 Å². The SMILES string of the molecule is CC(C)(C)n1ncc2c(=O)[nH]c(N3CCc4c(cccc4N4CCOC4=O)C3)nc21. The molecule has 2 aliphatic heterocycles. The molecule has 1 fully saturated rings. The van der Waals surface area contributed by atoms with Crippen LogP contribution in [-0.2, 0) is 23.2 Å². The Morgan fingerprint density at radius 2 is 2.00 bits per heavy atom. The lowest BCUT2D eigenvalue weighted by molar-refractivity contribution is 0.181. The Morgan fingerprint density at radius 1 is 1.17 bits per heavy atom. The van der Waals surface area contributed by atoms with Crippen LogP contribution in [0, 0.1) is 0 Å². The van der Waals surface area contributed by atoms with Crippen molar-refractivity contribution in [2.24, 2.45) is 0 Å². The van der Waals surface area contributed by atoms with Crippen molar-refractivity contribution < 1.29 is 9.53 Å². The number of hydrogen-bond acceptors (Lipinski definition) is 6. The number of cyclic esters (lactones) is 1. The summed E-state index contributed by atoms with van der Waals surface area (Å²) in [4.78, 5) is 36.1. The third-order valence-corrected chi connectivity index (χ3v) is 5.65. The summed E-state index contributed by atoms with van der Waals surface area (Å²) in [6.45, 7) is 8.37. The van der Waals surface area contributed by atoms with Crippen molar-refractivity contribution >= 4 is 28.8 Å². The van der Waals surface area contributed by atoms with Gasteiger partial charge in [0.1, 0.15) is 12.0 Å². The van der Waals surface area contributed by atoms with Gasteiger partial charge in [-0.2, -0.15) is 10.1 Å². The van der Waals surface area contributed by atoms with Gasteiger partial charge in [0.05, 0.1) is 24.0 Å². The summed E-state index contributed by atoms with van der Waals surface area (Å²) >= 11 is 0. The molecule has 2 aromatic heterocycles. The van der Waals surface area contributed by atoms with E-state index >= 15 is 0 Å². The number of benzene rings is 1. The maximum absolute atomic E-state index is 12.7. The highest BCUT2D eigenvalue weighted by Crippen LogP contribution is 2.32. The summed E-state index contributed by atoms with van der Waals surface area (Å²) in [7, 11) is 0. The van der Waals surface area contributed by atoms with Crippen LogP contribution in [0.2, 0.25) is 0 Å². The zero-order valence-corrected chi connectivity index (χ0v) is 17.3. The second-order valence-electron chi connectivity index (χ2n) is 8.71. The topological polar surface area (TPSA) is 96.4 Å². The zero-order chi connectivity index (χ0) is 21.0. The van der Waals surface area contributed by atoms with E-state index in [1.807, 2.05) is 32.9 Å². The number of anilines is 2. The summed E-state index contributed by atoms with van der Waals surface area (Å²) in [6, 6.07) is 5.98. The molecule has 1 saturated heterocycles. The van der Waals surface area contributed by atoms with Crippen LogP contribution in [0.4, 0.5) is 16.4 Å². The molecule has 0 spiro atoms. The van der Waals surface area contributed by atoms with Crippen molar-refractivity contribution in [3.05, 3.63) is 45.9 Å². The van der Waals surface area contributed by atoms with Crippen molar-refractivity contribution in [2.75, 3.05) is 29.5 Å². The highest BCUT2D eigenvalue weighted by molar-refractivity contribution is 5.90. The molecule has 2 aliphatic rings. The lowest BCUT2D eigenvalue weighted by Crippen LogP contribution is -2.35. The molecule has 1 N–H and O–H groups in total. The van der Waals surface area contributed by atoms with Crippen molar-refractivity contribution in [1.82, 2.24) is 19.7 Å². The van der Waals surface area contributed by atoms with Crippen LogP contribution >= 0.6 is 0 Å². The minimum Gasteiger partial charge on any atom is -0.447 e. The largest absolute Gasteiger partial charge is 0.447 e. The van der Waals surface area contributed by atoms with Gasteiger partial charge in [0.25, 0.3) is 5.56 Å². The first-order chi connectivity index (χ1) is 14.3. The van der Waals surface area contributed by atoms with Gasteiger partial charge in [-0.3, -0.25) is 14.7 Å². The van der Waals surface area contributed by atoms with Gasteiger partial charge < -0.3 is 9.64 Å². The van der Waals surface area contributed by atoms with Crippen molar-refractivity contribution in [3.63, 3.8) is 0 Å². The molecule has 0 aliphatic carbocycles. The summed E-state index contributed by atoms with van der Waals surface area (Å²) in [6.07, 6.45) is 2.02. The Morgan fingerprint density at radius 3 is 2.73 bits per heavy atom. The zero-order valence-electron chi connectivity index (χ0n) is 17.3. The second-order valence-corrected chi connectivity index (χ2v) is 8.71. The Labute approximate surface area is 173 Å². The number of fused-ring (bicyclic) bond motifs is 2. The van der Waals surface area contributed by atoms with E-state index in [0.717, 1.165) is 23.2 Å². The Bertz CT molecular complexity index is 1210. The van der Waals surface area contributed by atoms with Crippen LogP contribution in [-0.4, -0.2) is 45.5 Å². The third-order valence-electron chi connectivity index (χ3n) is 5.65. The van der Waals surface area contributed by atoms with E-state index in [1.165, 1.54) is 0 Å². The number of aromatic amines is 1. The Kier molecular flexibility index (Phi) is 4.09. The number of nitrogens with one attached hydrogen (secondary N) is 1. The number of amides is 1. The van der Waals surface area contributed by atoms with Crippen LogP contribution in [0.25, 0.3) is 11.0 Å². The number of nitrogens with zero attached hydrogens (tertiary/aromatic N) is 5. The highest BCUT2D eigenvalue weighted by Gasteiger charge is 2.29. The molecule has 30 heavy (non-hydrogen) atoms. The minimum atomic E-state index is -0.294. The number of H-pyrrole nitrogens is 1. The summed E-state index contributed by atoms with van der Waals surface area (Å²) in [5.41, 5.74) is 3.29. The van der Waals surface area contributed by atoms with Crippen molar-refractivity contribution in [1.29, 1.82) is 0 Å². The number of rotatable bonds is 2. The van der Waals surface area contributed by atoms with Crippen LogP contribution in [0.3, 0.4) is 0 Å². The number of carbonyl (C=O) groups excluding carboxylic acids is 1. The van der Waals surface area contributed by atoms with Gasteiger partial charge in [-0.25, -0.2) is 9.48 Å². The van der Waals surface area contributed by atoms with Gasteiger partial charge >= 0.3 is 6.09 Å². The standard InChI is InChI=1S/C21H24N6O3/c1-21(2,3)27-17-15(11-22-27)18(28)24-19(23-17)25-8-7-14-13(12-25)5-4-6-16(14)26-9-10-30-20(26)29/h4-6,11H,7-10,12H2,1-3H3,(H,23,24,28). The number of ether oxygens (including phenoxy) is 1. The lowest BCUT2D eigenvalue weighted by Gasteiger charge is -2.31. The second kappa shape index (κ2) is 6.58. The maximum Gasteiger partial charge on any atom is 0.414 e. The molecule has 0 saturated carbocycles. The summed E-state index contributed by atoms with van der Waals surface area (Å²) < 4.78 is 6.89. The average Bonchev–Trinajstić information content (AvgIpc) is 3.33. The molecule has 1 aromatic carbocycles. The van der Waals surface area contributed by atoms with E-state index in [9.17, 15) is 9.59 Å². The van der Waals surface area contributed by atoms with Crippen molar-refractivity contribution in [3.8, 4) is 0 Å². The monoisotopic (exact) mass is 408 g/mol. The minimum absolute atomic E-state index is 0.190. The molecule has 3 aromatic rings. The van der Waals surface area contributed by atoms with Gasteiger partial charge in [-0.05, 0) is 44.4 Å². The van der Waals surface area contributed by atoms with Gasteiger partial charge in [0, 0.05) is 13.1 Å². The first-order valence-corrected chi connectivity index (χ1v) is 10.1. The van der Waals surface area contributed by atoms with Gasteiger partial charge in [-0.1, -0.05) is 12.1 Å². The van der Waals surface area contributed by atoms with Gasteiger partial charge in [-0.15, -0.1) is 0 Å². The summed E-state index contributed by atoms with van der Waals surface area (Å²) in [5.74, 6) is 0.537. The van der Waals surface area contributed by atoms with Crippen LogP contribution in [0.5, 0.6) is 0 Å². The number of hydrogen-bond donors (Lipinski definition) is 1. The summed E-state index contributed by atoms with van der Waals surface area (Å²) in [5, 5.41) is 4.87. The quantitative estimate of drug-likeness (QED) is 0.699.